The van der Waals surface area contributed by atoms with Gasteiger partial charge in [-0.2, -0.15) is 0 Å². The minimum atomic E-state index is -1.08. The van der Waals surface area contributed by atoms with Crippen LogP contribution in [0, 0.1) is 10.1 Å². The van der Waals surface area contributed by atoms with Crippen LogP contribution in [0.1, 0.15) is 81.5 Å². The van der Waals surface area contributed by atoms with Crippen molar-refractivity contribution in [3.63, 3.8) is 0 Å². The third-order valence-corrected chi connectivity index (χ3v) is 4.02. The number of pyridine rings is 1. The van der Waals surface area contributed by atoms with Crippen LogP contribution in [0.15, 0.2) is 24.5 Å². The maximum atomic E-state index is 11.5. The van der Waals surface area contributed by atoms with Gasteiger partial charge in [-0.05, 0) is 12.5 Å². The molecule has 0 fully saturated rings. The highest BCUT2D eigenvalue weighted by molar-refractivity contribution is 5.88. The maximum absolute atomic E-state index is 11.5. The lowest BCUT2D eigenvalue weighted by molar-refractivity contribution is -0.727. The van der Waals surface area contributed by atoms with E-state index in [1.807, 2.05) is 10.8 Å². The van der Waals surface area contributed by atoms with Crippen LogP contribution in [0.25, 0.3) is 0 Å². The molecule has 0 aliphatic rings. The second kappa shape index (κ2) is 12.4. The van der Waals surface area contributed by atoms with Crippen molar-refractivity contribution in [2.24, 2.45) is 0 Å². The molecule has 0 atom stereocenters. The third kappa shape index (κ3) is 9.22. The minimum Gasteiger partial charge on any atom is -0.262 e. The summed E-state index contributed by atoms with van der Waals surface area (Å²) in [5, 5.41) is 9.11. The van der Waals surface area contributed by atoms with Crippen LogP contribution in [-0.4, -0.2) is 11.1 Å². The van der Waals surface area contributed by atoms with Crippen LogP contribution in [0.2, 0.25) is 0 Å². The van der Waals surface area contributed by atoms with Gasteiger partial charge in [0.25, 0.3) is 0 Å². The van der Waals surface area contributed by atoms with Crippen LogP contribution in [0.3, 0.4) is 0 Å². The molecule has 0 aliphatic heterocycles. The van der Waals surface area contributed by atoms with Crippen molar-refractivity contribution >= 4 is 5.97 Å². The highest BCUT2D eigenvalue weighted by Gasteiger charge is 2.14. The Balaban J connectivity index is 2.15. The smallest absolute Gasteiger partial charge is 0.262 e. The first-order valence-electron chi connectivity index (χ1n) is 8.99. The first-order chi connectivity index (χ1) is 11.6. The maximum Gasteiger partial charge on any atom is 0.340 e. The Kier molecular flexibility index (Phi) is 10.4. The first-order valence-corrected chi connectivity index (χ1v) is 8.99. The van der Waals surface area contributed by atoms with Crippen molar-refractivity contribution in [1.29, 1.82) is 0 Å². The van der Waals surface area contributed by atoms with Gasteiger partial charge >= 0.3 is 11.1 Å². The van der Waals surface area contributed by atoms with Gasteiger partial charge in [0.2, 0.25) is 0 Å². The summed E-state index contributed by atoms with van der Waals surface area (Å²) in [6.07, 6.45) is 16.2. The van der Waals surface area contributed by atoms with E-state index in [0.717, 1.165) is 19.4 Å². The number of rotatable bonds is 13. The fourth-order valence-corrected chi connectivity index (χ4v) is 2.68. The molecule has 6 heteroatoms. The van der Waals surface area contributed by atoms with E-state index in [-0.39, 0.29) is 5.56 Å². The summed E-state index contributed by atoms with van der Waals surface area (Å²) in [5.41, 5.74) is 0.196. The van der Waals surface area contributed by atoms with Crippen molar-refractivity contribution in [2.45, 2.75) is 77.7 Å². The van der Waals surface area contributed by atoms with E-state index in [1.165, 1.54) is 57.4 Å². The van der Waals surface area contributed by atoms with Gasteiger partial charge in [-0.25, -0.2) is 9.40 Å². The zero-order valence-electron chi connectivity index (χ0n) is 14.6. The van der Waals surface area contributed by atoms with Crippen LogP contribution < -0.4 is 4.57 Å². The summed E-state index contributed by atoms with van der Waals surface area (Å²) in [4.78, 5) is 25.6. The van der Waals surface area contributed by atoms with Crippen LogP contribution in [-0.2, 0) is 11.4 Å². The number of carbonyl (C=O) groups is 1. The SMILES string of the molecule is CCCCCCCCCCCC[n+]1cccc(C(=O)O[N+](=O)[O-])c1. The highest BCUT2D eigenvalue weighted by atomic mass is 17.0. The van der Waals surface area contributed by atoms with E-state index in [4.69, 9.17) is 0 Å². The van der Waals surface area contributed by atoms with Gasteiger partial charge in [-0.1, -0.05) is 58.3 Å². The largest absolute Gasteiger partial charge is 0.340 e. The number of aryl methyl sites for hydroxylation is 1. The van der Waals surface area contributed by atoms with E-state index < -0.39 is 11.1 Å². The Morgan fingerprint density at radius 2 is 1.67 bits per heavy atom. The monoisotopic (exact) mass is 337 g/mol. The molecule has 24 heavy (non-hydrogen) atoms. The molecular weight excluding hydrogens is 308 g/mol. The molecule has 0 bridgehead atoms. The second-order valence-corrected chi connectivity index (χ2v) is 6.11. The molecule has 0 saturated heterocycles. The standard InChI is InChI=1S/C18H29N2O4/c1-2-3-4-5-6-7-8-9-10-11-14-19-15-12-13-17(16-19)18(21)24-20(22)23/h12-13,15-16H,2-11,14H2,1H3/q+1. The number of hydrogen-bond donors (Lipinski definition) is 0. The van der Waals surface area contributed by atoms with Crippen molar-refractivity contribution in [3.05, 3.63) is 40.2 Å². The molecule has 0 aliphatic carbocycles. The van der Waals surface area contributed by atoms with E-state index in [9.17, 15) is 14.9 Å². The normalized spacial score (nSPS) is 10.5. The molecule has 0 N–H and O–H groups in total. The minimum absolute atomic E-state index is 0.196. The van der Waals surface area contributed by atoms with Gasteiger partial charge in [0, 0.05) is 12.5 Å². The molecule has 134 valence electrons. The van der Waals surface area contributed by atoms with Gasteiger partial charge in [0.05, 0.1) is 0 Å². The van der Waals surface area contributed by atoms with Gasteiger partial charge in [-0.3, -0.25) is 4.79 Å². The molecule has 0 saturated carbocycles. The number of nitrogens with zero attached hydrogens (tertiary/aromatic N) is 2. The molecule has 1 rings (SSSR count). The van der Waals surface area contributed by atoms with Gasteiger partial charge in [0.1, 0.15) is 12.1 Å². The van der Waals surface area contributed by atoms with Crippen molar-refractivity contribution < 1.29 is 19.3 Å². The molecule has 0 spiro atoms. The second-order valence-electron chi connectivity index (χ2n) is 6.11. The van der Waals surface area contributed by atoms with E-state index in [2.05, 4.69) is 11.8 Å². The topological polar surface area (TPSA) is 73.3 Å². The average molecular weight is 337 g/mol. The predicted octanol–water partition coefficient (Wildman–Crippen LogP) is 4.24. The van der Waals surface area contributed by atoms with Crippen molar-refractivity contribution in [2.75, 3.05) is 0 Å². The van der Waals surface area contributed by atoms with E-state index >= 15 is 0 Å². The number of aromatic nitrogens is 1. The lowest BCUT2D eigenvalue weighted by atomic mass is 10.1. The summed E-state index contributed by atoms with van der Waals surface area (Å²) in [6.45, 7) is 3.04. The van der Waals surface area contributed by atoms with Gasteiger partial charge in [0.15, 0.2) is 12.4 Å². The van der Waals surface area contributed by atoms with Crippen LogP contribution >= 0.6 is 0 Å². The quantitative estimate of drug-likeness (QED) is 0.233. The van der Waals surface area contributed by atoms with Crippen molar-refractivity contribution in [1.82, 2.24) is 0 Å². The van der Waals surface area contributed by atoms with Gasteiger partial charge in [-0.15, -0.1) is 10.1 Å². The highest BCUT2D eigenvalue weighted by Crippen LogP contribution is 2.10. The molecule has 0 aromatic carbocycles. The van der Waals surface area contributed by atoms with E-state index in [1.54, 1.807) is 12.3 Å². The van der Waals surface area contributed by atoms with Gasteiger partial charge < -0.3 is 0 Å². The Morgan fingerprint density at radius 3 is 2.25 bits per heavy atom. The zero-order chi connectivity index (χ0) is 17.6. The summed E-state index contributed by atoms with van der Waals surface area (Å²) in [6, 6.07) is 3.22. The molecule has 0 amide bonds. The molecule has 0 radical (unpaired) electrons. The molecule has 6 nitrogen and oxygen atoms in total. The fraction of sp³-hybridized carbons (Fsp3) is 0.667. The fourth-order valence-electron chi connectivity index (χ4n) is 2.68. The first kappa shape index (κ1) is 20.1. The Bertz CT molecular complexity index is 506. The molecule has 1 aromatic heterocycles. The third-order valence-electron chi connectivity index (χ3n) is 4.02. The Morgan fingerprint density at radius 1 is 1.08 bits per heavy atom. The summed E-state index contributed by atoms with van der Waals surface area (Å²) in [5.74, 6) is -0.933. The summed E-state index contributed by atoms with van der Waals surface area (Å²) < 4.78 is 1.88. The van der Waals surface area contributed by atoms with E-state index in [0.29, 0.717) is 0 Å². The molecular formula is C18H29N2O4+. The molecule has 1 aromatic rings. The molecule has 0 unspecified atom stereocenters. The lowest BCUT2D eigenvalue weighted by Gasteiger charge is -2.02. The lowest BCUT2D eigenvalue weighted by Crippen LogP contribution is -2.34. The summed E-state index contributed by atoms with van der Waals surface area (Å²) >= 11 is 0. The predicted molar refractivity (Wildman–Crippen MR) is 90.9 cm³/mol. The molecule has 1 heterocycles. The van der Waals surface area contributed by atoms with Crippen LogP contribution in [0.5, 0.6) is 0 Å². The average Bonchev–Trinajstić information content (AvgIpc) is 2.56. The van der Waals surface area contributed by atoms with Crippen LogP contribution in [0.4, 0.5) is 0 Å². The summed E-state index contributed by atoms with van der Waals surface area (Å²) in [7, 11) is 0. The number of unbranched alkanes of at least 4 members (excludes halogenated alkanes) is 9. The number of hydrogen-bond acceptors (Lipinski definition) is 4. The number of carbonyl (C=O) groups excluding carboxylic acids is 1. The Labute approximate surface area is 143 Å². The zero-order valence-corrected chi connectivity index (χ0v) is 14.6. The van der Waals surface area contributed by atoms with Crippen molar-refractivity contribution in [3.8, 4) is 0 Å². The Hall–Kier alpha value is -1.98.